The largest absolute Gasteiger partial charge is 0.342 e. The SMILES string of the molecule is C=C(C)c1ccc(C2(NC(=O)/C(C#N)=C/c3ncc(Br)cc3Br)CCCC2)cc1. The molecule has 1 aromatic heterocycles. The standard InChI is InChI=1S/C23H21Br2N3O/c1-15(2)16-5-7-18(8-6-16)23(9-3-4-10-23)28-22(29)17(13-26)11-21-20(25)12-19(24)14-27-21/h5-8,11-12,14H,1,3-4,9-10H2,2H3,(H,28,29)/b17-11+. The Bertz CT molecular complexity index is 1010. The Morgan fingerprint density at radius 1 is 1.28 bits per heavy atom. The zero-order chi connectivity index (χ0) is 21.0. The number of carbonyl (C=O) groups excluding carboxylic acids is 1. The van der Waals surface area contributed by atoms with Crippen LogP contribution in [0.3, 0.4) is 0 Å². The summed E-state index contributed by atoms with van der Waals surface area (Å²) >= 11 is 6.77. The van der Waals surface area contributed by atoms with E-state index in [2.05, 4.69) is 60.9 Å². The Labute approximate surface area is 188 Å². The highest BCUT2D eigenvalue weighted by Gasteiger charge is 2.37. The third-order valence-electron chi connectivity index (χ3n) is 5.22. The van der Waals surface area contributed by atoms with Gasteiger partial charge in [0.15, 0.2) is 0 Å². The van der Waals surface area contributed by atoms with Crippen molar-refractivity contribution in [3.63, 3.8) is 0 Å². The van der Waals surface area contributed by atoms with Gasteiger partial charge in [-0.15, -0.1) is 0 Å². The van der Waals surface area contributed by atoms with Crippen LogP contribution in [-0.4, -0.2) is 10.9 Å². The predicted octanol–water partition coefficient (Wildman–Crippen LogP) is 6.13. The second-order valence-electron chi connectivity index (χ2n) is 7.29. The normalized spacial score (nSPS) is 15.6. The first-order valence-corrected chi connectivity index (χ1v) is 10.9. The Morgan fingerprint density at radius 2 is 1.93 bits per heavy atom. The highest BCUT2D eigenvalue weighted by Crippen LogP contribution is 2.39. The van der Waals surface area contributed by atoms with Crippen LogP contribution < -0.4 is 5.32 Å². The van der Waals surface area contributed by atoms with Crippen LogP contribution in [-0.2, 0) is 10.3 Å². The highest BCUT2D eigenvalue weighted by molar-refractivity contribution is 9.11. The van der Waals surface area contributed by atoms with Gasteiger partial charge in [-0.05, 0) is 74.9 Å². The van der Waals surface area contributed by atoms with Gasteiger partial charge in [0, 0.05) is 15.1 Å². The van der Waals surface area contributed by atoms with Gasteiger partial charge >= 0.3 is 0 Å². The molecule has 3 rings (SSSR count). The second-order valence-corrected chi connectivity index (χ2v) is 9.06. The van der Waals surface area contributed by atoms with Gasteiger partial charge < -0.3 is 5.32 Å². The van der Waals surface area contributed by atoms with Crippen molar-refractivity contribution in [1.29, 1.82) is 5.26 Å². The molecule has 0 aliphatic heterocycles. The molecule has 29 heavy (non-hydrogen) atoms. The summed E-state index contributed by atoms with van der Waals surface area (Å²) in [5.74, 6) is -0.380. The minimum Gasteiger partial charge on any atom is -0.342 e. The van der Waals surface area contributed by atoms with Crippen LogP contribution in [0.25, 0.3) is 11.6 Å². The molecule has 1 heterocycles. The van der Waals surface area contributed by atoms with Gasteiger partial charge in [-0.3, -0.25) is 9.78 Å². The van der Waals surface area contributed by atoms with E-state index < -0.39 is 5.54 Å². The molecular weight excluding hydrogens is 494 g/mol. The third kappa shape index (κ3) is 4.85. The van der Waals surface area contributed by atoms with Gasteiger partial charge in [0.1, 0.15) is 11.6 Å². The van der Waals surface area contributed by atoms with E-state index in [1.807, 2.05) is 31.2 Å². The number of allylic oxidation sites excluding steroid dienone is 1. The number of benzene rings is 1. The lowest BCUT2D eigenvalue weighted by Crippen LogP contribution is -2.44. The van der Waals surface area contributed by atoms with E-state index in [0.29, 0.717) is 10.2 Å². The molecule has 1 amide bonds. The van der Waals surface area contributed by atoms with Crippen LogP contribution in [0.4, 0.5) is 0 Å². The summed E-state index contributed by atoms with van der Waals surface area (Å²) in [6.45, 7) is 5.95. The Kier molecular flexibility index (Phi) is 6.71. The summed E-state index contributed by atoms with van der Waals surface area (Å²) in [7, 11) is 0. The zero-order valence-electron chi connectivity index (χ0n) is 16.1. The van der Waals surface area contributed by atoms with Crippen LogP contribution in [0.5, 0.6) is 0 Å². The van der Waals surface area contributed by atoms with E-state index >= 15 is 0 Å². The van der Waals surface area contributed by atoms with E-state index in [-0.39, 0.29) is 11.5 Å². The molecule has 0 saturated heterocycles. The van der Waals surface area contributed by atoms with Crippen LogP contribution in [0.15, 0.2) is 57.6 Å². The summed E-state index contributed by atoms with van der Waals surface area (Å²) in [6.07, 6.45) is 6.92. The van der Waals surface area contributed by atoms with Crippen molar-refractivity contribution in [2.24, 2.45) is 0 Å². The Hall–Kier alpha value is -2.23. The van der Waals surface area contributed by atoms with E-state index in [1.165, 1.54) is 6.08 Å². The number of hydrogen-bond donors (Lipinski definition) is 1. The molecule has 0 atom stereocenters. The fourth-order valence-electron chi connectivity index (χ4n) is 3.64. The smallest absolute Gasteiger partial charge is 0.262 e. The summed E-state index contributed by atoms with van der Waals surface area (Å²) in [5, 5.41) is 12.7. The maximum atomic E-state index is 13.0. The Balaban J connectivity index is 1.89. The number of hydrogen-bond acceptors (Lipinski definition) is 3. The van der Waals surface area contributed by atoms with Crippen molar-refractivity contribution in [2.45, 2.75) is 38.1 Å². The minimum absolute atomic E-state index is 0.0327. The molecule has 1 fully saturated rings. The number of carbonyl (C=O) groups is 1. The van der Waals surface area contributed by atoms with Gasteiger partial charge in [-0.25, -0.2) is 0 Å². The molecular formula is C23H21Br2N3O. The van der Waals surface area contributed by atoms with Crippen molar-refractivity contribution < 1.29 is 4.79 Å². The fourth-order valence-corrected chi connectivity index (χ4v) is 4.74. The van der Waals surface area contributed by atoms with Gasteiger partial charge in [0.25, 0.3) is 5.91 Å². The van der Waals surface area contributed by atoms with E-state index in [1.54, 1.807) is 6.20 Å². The van der Waals surface area contributed by atoms with Gasteiger partial charge in [-0.1, -0.05) is 49.3 Å². The van der Waals surface area contributed by atoms with Crippen molar-refractivity contribution in [2.75, 3.05) is 0 Å². The molecule has 1 N–H and O–H groups in total. The molecule has 0 radical (unpaired) electrons. The number of amides is 1. The second kappa shape index (κ2) is 9.06. The van der Waals surface area contributed by atoms with E-state index in [0.717, 1.165) is 46.9 Å². The molecule has 1 aromatic carbocycles. The lowest BCUT2D eigenvalue weighted by atomic mass is 9.86. The number of rotatable bonds is 5. The number of nitrogens with zero attached hydrogens (tertiary/aromatic N) is 2. The monoisotopic (exact) mass is 513 g/mol. The van der Waals surface area contributed by atoms with E-state index in [9.17, 15) is 10.1 Å². The van der Waals surface area contributed by atoms with Gasteiger partial charge in [-0.2, -0.15) is 5.26 Å². The molecule has 0 unspecified atom stereocenters. The molecule has 4 nitrogen and oxygen atoms in total. The first-order valence-electron chi connectivity index (χ1n) is 9.36. The maximum Gasteiger partial charge on any atom is 0.262 e. The van der Waals surface area contributed by atoms with Crippen LogP contribution in [0, 0.1) is 11.3 Å². The van der Waals surface area contributed by atoms with Gasteiger partial charge in [0.05, 0.1) is 11.2 Å². The topological polar surface area (TPSA) is 65.8 Å². The maximum absolute atomic E-state index is 13.0. The summed E-state index contributed by atoms with van der Waals surface area (Å²) in [4.78, 5) is 17.3. The lowest BCUT2D eigenvalue weighted by Gasteiger charge is -2.31. The first kappa shape index (κ1) is 21.5. The average Bonchev–Trinajstić information content (AvgIpc) is 3.17. The van der Waals surface area contributed by atoms with Crippen LogP contribution in [0.1, 0.15) is 49.4 Å². The molecule has 0 spiro atoms. The van der Waals surface area contributed by atoms with Crippen LogP contribution >= 0.6 is 31.9 Å². The quantitative estimate of drug-likeness (QED) is 0.385. The van der Waals surface area contributed by atoms with Crippen molar-refractivity contribution >= 4 is 49.4 Å². The summed E-state index contributed by atoms with van der Waals surface area (Å²) in [5.41, 5.74) is 3.26. The number of aromatic nitrogens is 1. The summed E-state index contributed by atoms with van der Waals surface area (Å²) in [6, 6.07) is 12.0. The molecule has 2 aromatic rings. The number of nitrogens with one attached hydrogen (secondary N) is 1. The fraction of sp³-hybridized carbons (Fsp3) is 0.261. The molecule has 1 aliphatic rings. The highest BCUT2D eigenvalue weighted by atomic mass is 79.9. The molecule has 1 aliphatic carbocycles. The molecule has 1 saturated carbocycles. The first-order chi connectivity index (χ1) is 13.8. The average molecular weight is 515 g/mol. The third-order valence-corrected chi connectivity index (χ3v) is 6.29. The number of halogens is 2. The lowest BCUT2D eigenvalue weighted by molar-refractivity contribution is -0.119. The van der Waals surface area contributed by atoms with Crippen LogP contribution in [0.2, 0.25) is 0 Å². The molecule has 148 valence electrons. The summed E-state index contributed by atoms with van der Waals surface area (Å²) < 4.78 is 1.52. The van der Waals surface area contributed by atoms with Crippen molar-refractivity contribution in [3.8, 4) is 6.07 Å². The zero-order valence-corrected chi connectivity index (χ0v) is 19.3. The van der Waals surface area contributed by atoms with Crippen molar-refractivity contribution in [3.05, 3.63) is 74.4 Å². The van der Waals surface area contributed by atoms with Crippen molar-refractivity contribution in [1.82, 2.24) is 10.3 Å². The minimum atomic E-state index is -0.453. The predicted molar refractivity (Wildman–Crippen MR) is 123 cm³/mol. The number of pyridine rings is 1. The Morgan fingerprint density at radius 3 is 2.48 bits per heavy atom. The van der Waals surface area contributed by atoms with Gasteiger partial charge in [0.2, 0.25) is 0 Å². The molecule has 0 bridgehead atoms. The molecule has 6 heteroatoms. The van der Waals surface area contributed by atoms with E-state index in [4.69, 9.17) is 0 Å². The number of nitriles is 1.